The topological polar surface area (TPSA) is 41.5 Å². The fourth-order valence-corrected chi connectivity index (χ4v) is 2.68. The summed E-state index contributed by atoms with van der Waals surface area (Å²) in [7, 11) is 0. The summed E-state index contributed by atoms with van der Waals surface area (Å²) < 4.78 is 5.40. The van der Waals surface area contributed by atoms with Crippen LogP contribution in [0.25, 0.3) is 0 Å². The average molecular weight is 285 g/mol. The number of nitrogens with one attached hydrogen (secondary N) is 1. The summed E-state index contributed by atoms with van der Waals surface area (Å²) in [5.41, 5.74) is 0.108. The van der Waals surface area contributed by atoms with Crippen LogP contribution in [0.1, 0.15) is 38.5 Å². The van der Waals surface area contributed by atoms with Crippen molar-refractivity contribution in [3.63, 3.8) is 0 Å². The highest BCUT2D eigenvalue weighted by molar-refractivity contribution is 7.10. The Hall–Kier alpha value is -0.420. The first-order chi connectivity index (χ1) is 9.06. The predicted molar refractivity (Wildman–Crippen MR) is 81.9 cm³/mol. The molecule has 1 atom stereocenters. The Morgan fingerprint density at radius 3 is 2.89 bits per heavy atom. The third-order valence-corrected chi connectivity index (χ3v) is 4.32. The molecule has 0 bridgehead atoms. The molecule has 0 spiro atoms. The van der Waals surface area contributed by atoms with Crippen molar-refractivity contribution in [1.29, 1.82) is 0 Å². The summed E-state index contributed by atoms with van der Waals surface area (Å²) in [4.78, 5) is 1.37. The number of aliphatic hydroxyl groups is 1. The second-order valence-electron chi connectivity index (χ2n) is 5.57. The smallest absolute Gasteiger partial charge is 0.0897 e. The zero-order chi connectivity index (χ0) is 14.1. The van der Waals surface area contributed by atoms with E-state index in [1.54, 1.807) is 11.3 Å². The summed E-state index contributed by atoms with van der Waals surface area (Å²) in [6, 6.07) is 4.24. The Balaban J connectivity index is 2.15. The Bertz CT molecular complexity index is 325. The fraction of sp³-hybridized carbons (Fsp3) is 0.733. The first kappa shape index (κ1) is 16.6. The molecule has 0 aliphatic heterocycles. The molecule has 0 saturated heterocycles. The second-order valence-corrected chi connectivity index (χ2v) is 6.52. The number of thiophene rings is 1. The highest BCUT2D eigenvalue weighted by Crippen LogP contribution is 2.26. The van der Waals surface area contributed by atoms with Crippen LogP contribution in [-0.4, -0.2) is 37.5 Å². The van der Waals surface area contributed by atoms with Gasteiger partial charge in [-0.25, -0.2) is 0 Å². The molecule has 0 fully saturated rings. The summed E-state index contributed by atoms with van der Waals surface area (Å²) >= 11 is 1.78. The van der Waals surface area contributed by atoms with Gasteiger partial charge in [-0.05, 0) is 17.9 Å². The lowest BCUT2D eigenvalue weighted by atomic mass is 9.91. The molecule has 1 rings (SSSR count). The Labute approximate surface area is 121 Å². The maximum atomic E-state index is 9.79. The van der Waals surface area contributed by atoms with Gasteiger partial charge in [-0.15, -0.1) is 11.3 Å². The van der Waals surface area contributed by atoms with Crippen LogP contribution in [0.4, 0.5) is 0 Å². The van der Waals surface area contributed by atoms with Crippen LogP contribution >= 0.6 is 11.3 Å². The minimum atomic E-state index is -0.420. The average Bonchev–Trinajstić information content (AvgIpc) is 2.89. The van der Waals surface area contributed by atoms with Crippen molar-refractivity contribution in [2.75, 3.05) is 26.3 Å². The summed E-state index contributed by atoms with van der Waals surface area (Å²) in [5.74, 6) is 0. The molecule has 0 aromatic carbocycles. The van der Waals surface area contributed by atoms with E-state index in [0.29, 0.717) is 13.2 Å². The highest BCUT2D eigenvalue weighted by atomic mass is 32.1. The molecule has 0 saturated carbocycles. The van der Waals surface area contributed by atoms with Crippen molar-refractivity contribution < 1.29 is 9.84 Å². The van der Waals surface area contributed by atoms with Crippen molar-refractivity contribution in [2.24, 2.45) is 0 Å². The Morgan fingerprint density at radius 2 is 2.26 bits per heavy atom. The lowest BCUT2D eigenvalue weighted by Gasteiger charge is -2.24. The zero-order valence-corrected chi connectivity index (χ0v) is 13.1. The largest absolute Gasteiger partial charge is 0.389 e. The van der Waals surface area contributed by atoms with Crippen LogP contribution in [0.5, 0.6) is 0 Å². The summed E-state index contributed by atoms with van der Waals surface area (Å²) in [6.45, 7) is 9.18. The molecule has 1 heterocycles. The lowest BCUT2D eigenvalue weighted by Crippen LogP contribution is -2.38. The van der Waals surface area contributed by atoms with Crippen LogP contribution in [0.15, 0.2) is 17.5 Å². The molecular formula is C15H27NO2S. The van der Waals surface area contributed by atoms with Gasteiger partial charge in [-0.3, -0.25) is 0 Å². The number of aliphatic hydroxyl groups excluding tert-OH is 1. The van der Waals surface area contributed by atoms with Gasteiger partial charge in [0.15, 0.2) is 0 Å². The maximum absolute atomic E-state index is 9.79. The third kappa shape index (κ3) is 6.52. The van der Waals surface area contributed by atoms with E-state index in [1.165, 1.54) is 4.88 Å². The minimum absolute atomic E-state index is 0.108. The number of hydrogen-bond donors (Lipinski definition) is 2. The Kier molecular flexibility index (Phi) is 7.61. The molecule has 2 N–H and O–H groups in total. The van der Waals surface area contributed by atoms with E-state index in [2.05, 4.69) is 43.6 Å². The molecule has 110 valence electrons. The number of ether oxygens (including phenoxy) is 1. The normalized spacial score (nSPS) is 13.7. The minimum Gasteiger partial charge on any atom is -0.389 e. The summed E-state index contributed by atoms with van der Waals surface area (Å²) in [6.07, 6.45) is 1.77. The third-order valence-electron chi connectivity index (χ3n) is 3.09. The highest BCUT2D eigenvalue weighted by Gasteiger charge is 2.21. The SMILES string of the molecule is CCCCOCC(O)CNCC(C)(C)c1cccs1. The van der Waals surface area contributed by atoms with Gasteiger partial charge >= 0.3 is 0 Å². The molecule has 1 aromatic rings. The number of rotatable bonds is 10. The van der Waals surface area contributed by atoms with E-state index >= 15 is 0 Å². The van der Waals surface area contributed by atoms with E-state index < -0.39 is 6.10 Å². The van der Waals surface area contributed by atoms with Gasteiger partial charge in [-0.1, -0.05) is 33.3 Å². The van der Waals surface area contributed by atoms with Crippen molar-refractivity contribution in [2.45, 2.75) is 45.1 Å². The lowest BCUT2D eigenvalue weighted by molar-refractivity contribution is 0.0355. The van der Waals surface area contributed by atoms with Gasteiger partial charge in [-0.2, -0.15) is 0 Å². The van der Waals surface area contributed by atoms with Crippen molar-refractivity contribution in [1.82, 2.24) is 5.32 Å². The van der Waals surface area contributed by atoms with Crippen LogP contribution in [-0.2, 0) is 10.2 Å². The van der Waals surface area contributed by atoms with E-state index in [0.717, 1.165) is 26.0 Å². The van der Waals surface area contributed by atoms with Crippen LogP contribution in [0.3, 0.4) is 0 Å². The number of hydrogen-bond acceptors (Lipinski definition) is 4. The first-order valence-corrected chi connectivity index (χ1v) is 7.94. The molecular weight excluding hydrogens is 258 g/mol. The Morgan fingerprint density at radius 1 is 1.47 bits per heavy atom. The van der Waals surface area contributed by atoms with E-state index in [9.17, 15) is 5.11 Å². The van der Waals surface area contributed by atoms with Crippen LogP contribution < -0.4 is 5.32 Å². The maximum Gasteiger partial charge on any atom is 0.0897 e. The van der Waals surface area contributed by atoms with E-state index in [4.69, 9.17) is 4.74 Å². The molecule has 4 heteroatoms. The van der Waals surface area contributed by atoms with Crippen molar-refractivity contribution >= 4 is 11.3 Å². The second kappa shape index (κ2) is 8.69. The van der Waals surface area contributed by atoms with E-state index in [1.807, 2.05) is 0 Å². The first-order valence-electron chi connectivity index (χ1n) is 7.06. The molecule has 0 aliphatic carbocycles. The number of unbranched alkanes of at least 4 members (excludes halogenated alkanes) is 1. The molecule has 1 aromatic heterocycles. The molecule has 3 nitrogen and oxygen atoms in total. The van der Waals surface area contributed by atoms with Crippen molar-refractivity contribution in [3.05, 3.63) is 22.4 Å². The standard InChI is InChI=1S/C15H27NO2S/c1-4-5-8-18-11-13(17)10-16-12-15(2,3)14-7-6-9-19-14/h6-7,9,13,16-17H,4-5,8,10-12H2,1-3H3. The molecule has 1 unspecified atom stereocenters. The van der Waals surface area contributed by atoms with Gasteiger partial charge in [0.1, 0.15) is 0 Å². The molecule has 0 amide bonds. The zero-order valence-electron chi connectivity index (χ0n) is 12.3. The van der Waals surface area contributed by atoms with Crippen LogP contribution in [0, 0.1) is 0 Å². The van der Waals surface area contributed by atoms with Crippen LogP contribution in [0.2, 0.25) is 0 Å². The van der Waals surface area contributed by atoms with Gasteiger partial charge in [0.25, 0.3) is 0 Å². The quantitative estimate of drug-likeness (QED) is 0.650. The predicted octanol–water partition coefficient (Wildman–Crippen LogP) is 2.79. The molecule has 0 radical (unpaired) electrons. The fourth-order valence-electron chi connectivity index (χ4n) is 1.83. The van der Waals surface area contributed by atoms with Gasteiger partial charge in [0, 0.05) is 30.0 Å². The van der Waals surface area contributed by atoms with E-state index in [-0.39, 0.29) is 5.41 Å². The van der Waals surface area contributed by atoms with Gasteiger partial charge in [0.2, 0.25) is 0 Å². The van der Waals surface area contributed by atoms with Gasteiger partial charge in [0.05, 0.1) is 12.7 Å². The monoisotopic (exact) mass is 285 g/mol. The van der Waals surface area contributed by atoms with Crippen molar-refractivity contribution in [3.8, 4) is 0 Å². The molecule has 0 aliphatic rings. The summed E-state index contributed by atoms with van der Waals surface area (Å²) in [5, 5.41) is 15.2. The van der Waals surface area contributed by atoms with Gasteiger partial charge < -0.3 is 15.2 Å². The molecule has 19 heavy (non-hydrogen) atoms.